The fraction of sp³-hybridized carbons (Fsp3) is 0.455. The Bertz CT molecular complexity index is 1030. The lowest BCUT2D eigenvalue weighted by molar-refractivity contribution is -0.290. The highest BCUT2D eigenvalue weighted by Gasteiger charge is 2.58. The minimum absolute atomic E-state index is 0.123. The van der Waals surface area contributed by atoms with E-state index in [0.29, 0.717) is 5.75 Å². The Hall–Kier alpha value is -2.44. The van der Waals surface area contributed by atoms with Gasteiger partial charge in [0.05, 0.1) is 12.9 Å². The zero-order chi connectivity index (χ0) is 25.8. The van der Waals surface area contributed by atoms with E-state index in [1.807, 2.05) is 13.8 Å². The molecule has 0 saturated heterocycles. The second-order valence-electron chi connectivity index (χ2n) is 8.08. The maximum atomic E-state index is 13.0. The third-order valence-electron chi connectivity index (χ3n) is 4.94. The van der Waals surface area contributed by atoms with E-state index in [0.717, 1.165) is 17.4 Å². The van der Waals surface area contributed by atoms with Crippen molar-refractivity contribution >= 4 is 10.1 Å². The number of aliphatic hydroxyl groups is 1. The maximum absolute atomic E-state index is 13.0. The second-order valence-corrected chi connectivity index (χ2v) is 9.68. The van der Waals surface area contributed by atoms with Crippen LogP contribution in [-0.4, -0.2) is 57.8 Å². The highest BCUT2D eigenvalue weighted by molar-refractivity contribution is 7.86. The van der Waals surface area contributed by atoms with Crippen LogP contribution < -0.4 is 9.47 Å². The zero-order valence-corrected chi connectivity index (χ0v) is 19.4. The fourth-order valence-electron chi connectivity index (χ4n) is 2.91. The zero-order valence-electron chi connectivity index (χ0n) is 18.6. The molecule has 1 unspecified atom stereocenters. The summed E-state index contributed by atoms with van der Waals surface area (Å²) in [6.45, 7) is 1.22. The summed E-state index contributed by atoms with van der Waals surface area (Å²) < 4.78 is 100.0. The molecule has 1 N–H and O–H groups in total. The first-order valence-corrected chi connectivity index (χ1v) is 11.8. The summed E-state index contributed by atoms with van der Waals surface area (Å²) in [5.74, 6) is -4.67. The summed E-state index contributed by atoms with van der Waals surface area (Å²) in [5, 5.41) is 9.21. The highest BCUT2D eigenvalue weighted by Crippen LogP contribution is 2.37. The molecule has 1 atom stereocenters. The molecule has 12 heteroatoms. The Morgan fingerprint density at radius 3 is 1.68 bits per heavy atom. The number of halogens is 5. The molecule has 0 spiro atoms. The largest absolute Gasteiger partial charge is 0.491 e. The van der Waals surface area contributed by atoms with E-state index in [2.05, 4.69) is 4.74 Å². The molecule has 0 aliphatic carbocycles. The monoisotopic (exact) mass is 512 g/mol. The average Bonchev–Trinajstić information content (AvgIpc) is 2.74. The first-order chi connectivity index (χ1) is 15.5. The molecule has 0 amide bonds. The minimum Gasteiger partial charge on any atom is -0.491 e. The number of hydrogen-bond donors (Lipinski definition) is 1. The van der Waals surface area contributed by atoms with Gasteiger partial charge in [0, 0.05) is 5.41 Å². The number of hydrogen-bond acceptors (Lipinski definition) is 6. The van der Waals surface area contributed by atoms with Gasteiger partial charge in [0.25, 0.3) is 10.1 Å². The topological polar surface area (TPSA) is 82.1 Å². The predicted molar refractivity (Wildman–Crippen MR) is 114 cm³/mol. The molecule has 0 radical (unpaired) electrons. The molecule has 0 heterocycles. The van der Waals surface area contributed by atoms with E-state index >= 15 is 0 Å². The first-order valence-electron chi connectivity index (χ1n) is 9.95. The fourth-order valence-corrected chi connectivity index (χ4v) is 3.52. The Morgan fingerprint density at radius 1 is 0.853 bits per heavy atom. The maximum Gasteiger partial charge on any atom is 0.456 e. The van der Waals surface area contributed by atoms with Gasteiger partial charge < -0.3 is 14.6 Å². The first kappa shape index (κ1) is 27.8. The number of rotatable bonds is 11. The number of ether oxygens (including phenoxy) is 2. The quantitative estimate of drug-likeness (QED) is 0.357. The number of alkyl halides is 5. The Balaban J connectivity index is 2.04. The van der Waals surface area contributed by atoms with Crippen molar-refractivity contribution in [1.82, 2.24) is 0 Å². The van der Waals surface area contributed by atoms with Crippen LogP contribution in [0.3, 0.4) is 0 Å². The molecule has 34 heavy (non-hydrogen) atoms. The van der Waals surface area contributed by atoms with E-state index in [1.54, 1.807) is 36.4 Å². The van der Waals surface area contributed by atoms with Crippen LogP contribution in [-0.2, 0) is 19.7 Å². The van der Waals surface area contributed by atoms with Crippen molar-refractivity contribution in [2.24, 2.45) is 0 Å². The molecule has 2 rings (SSSR count). The third kappa shape index (κ3) is 7.54. The molecule has 0 aliphatic heterocycles. The Morgan fingerprint density at radius 2 is 1.29 bits per heavy atom. The molecule has 0 fully saturated rings. The van der Waals surface area contributed by atoms with Crippen molar-refractivity contribution in [3.63, 3.8) is 0 Å². The van der Waals surface area contributed by atoms with Crippen LogP contribution in [0, 0.1) is 0 Å². The van der Waals surface area contributed by atoms with Gasteiger partial charge in [-0.3, -0.25) is 4.18 Å². The van der Waals surface area contributed by atoms with Gasteiger partial charge in [-0.2, -0.15) is 30.4 Å². The van der Waals surface area contributed by atoms with E-state index in [-0.39, 0.29) is 12.4 Å². The van der Waals surface area contributed by atoms with Crippen molar-refractivity contribution in [3.8, 4) is 11.5 Å². The molecule has 6 nitrogen and oxygen atoms in total. The van der Waals surface area contributed by atoms with Crippen molar-refractivity contribution in [2.75, 3.05) is 26.1 Å². The SMILES string of the molecule is CC(C)(c1ccc(OCC(CO)OS(C)(=O)=O)cc1)c1ccc(OCC(F)(F)C(F)(F)F)cc1. The van der Waals surface area contributed by atoms with E-state index in [1.165, 1.54) is 12.1 Å². The lowest BCUT2D eigenvalue weighted by atomic mass is 9.78. The van der Waals surface area contributed by atoms with Crippen LogP contribution in [0.25, 0.3) is 0 Å². The standard InChI is InChI=1S/C22H25F5O6S/c1-20(2,16-6-10-18(11-7-16)32-14-21(23,24)22(25,26)27)15-4-8-17(9-5-15)31-13-19(12-28)33-34(3,29)30/h4-11,19,28H,12-14H2,1-3H3. The van der Waals surface area contributed by atoms with Gasteiger partial charge in [-0.05, 0) is 35.4 Å². The lowest BCUT2D eigenvalue weighted by Crippen LogP contribution is -2.41. The van der Waals surface area contributed by atoms with E-state index in [4.69, 9.17) is 8.92 Å². The van der Waals surface area contributed by atoms with Crippen LogP contribution in [0.1, 0.15) is 25.0 Å². The molecule has 2 aromatic rings. The molecule has 0 saturated carbocycles. The molecule has 0 aliphatic rings. The van der Waals surface area contributed by atoms with Crippen molar-refractivity contribution in [2.45, 2.75) is 37.5 Å². The normalized spacial score (nSPS) is 14.0. The van der Waals surface area contributed by atoms with Gasteiger partial charge in [-0.1, -0.05) is 38.1 Å². The predicted octanol–water partition coefficient (Wildman–Crippen LogP) is 4.30. The Kier molecular flexibility index (Phi) is 8.54. The summed E-state index contributed by atoms with van der Waals surface area (Å²) in [7, 11) is -3.75. The highest BCUT2D eigenvalue weighted by atomic mass is 32.2. The summed E-state index contributed by atoms with van der Waals surface area (Å²) in [6.07, 6.45) is -5.88. The van der Waals surface area contributed by atoms with Gasteiger partial charge in [-0.25, -0.2) is 0 Å². The van der Waals surface area contributed by atoms with E-state index in [9.17, 15) is 35.5 Å². The van der Waals surface area contributed by atoms with Crippen LogP contribution >= 0.6 is 0 Å². The third-order valence-corrected chi connectivity index (χ3v) is 5.56. The summed E-state index contributed by atoms with van der Waals surface area (Å²) in [5.41, 5.74) is 1.02. The van der Waals surface area contributed by atoms with Crippen molar-refractivity contribution in [1.29, 1.82) is 0 Å². The molecule has 0 aromatic heterocycles. The lowest BCUT2D eigenvalue weighted by Gasteiger charge is -2.27. The van der Waals surface area contributed by atoms with Crippen molar-refractivity contribution in [3.05, 3.63) is 59.7 Å². The van der Waals surface area contributed by atoms with Crippen molar-refractivity contribution < 1.29 is 49.1 Å². The van der Waals surface area contributed by atoms with Crippen LogP contribution in [0.5, 0.6) is 11.5 Å². The average molecular weight is 512 g/mol. The molecular formula is C22H25F5O6S. The molecule has 2 aromatic carbocycles. The van der Waals surface area contributed by atoms with Crippen LogP contribution in [0.15, 0.2) is 48.5 Å². The van der Waals surface area contributed by atoms with Gasteiger partial charge in [0.15, 0.2) is 6.61 Å². The number of aliphatic hydroxyl groups excluding tert-OH is 1. The van der Waals surface area contributed by atoms with Gasteiger partial charge in [-0.15, -0.1) is 0 Å². The minimum atomic E-state index is -5.69. The van der Waals surface area contributed by atoms with Gasteiger partial charge in [0.2, 0.25) is 0 Å². The summed E-state index contributed by atoms with van der Waals surface area (Å²) >= 11 is 0. The van der Waals surface area contributed by atoms with Crippen LogP contribution in [0.4, 0.5) is 22.0 Å². The molecule has 190 valence electrons. The van der Waals surface area contributed by atoms with Gasteiger partial charge in [0.1, 0.15) is 24.2 Å². The van der Waals surface area contributed by atoms with Crippen LogP contribution in [0.2, 0.25) is 0 Å². The molecular weight excluding hydrogens is 487 g/mol. The van der Waals surface area contributed by atoms with E-state index < -0.39 is 46.9 Å². The summed E-state index contributed by atoms with van der Waals surface area (Å²) in [4.78, 5) is 0. The smallest absolute Gasteiger partial charge is 0.456 e. The summed E-state index contributed by atoms with van der Waals surface area (Å²) in [6, 6.07) is 12.6. The Labute approximate surface area is 194 Å². The van der Waals surface area contributed by atoms with Gasteiger partial charge >= 0.3 is 12.1 Å². The number of benzene rings is 2. The molecule has 0 bridgehead atoms. The second kappa shape index (κ2) is 10.4.